The van der Waals surface area contributed by atoms with Crippen LogP contribution in [0.5, 0.6) is 0 Å². The minimum Gasteiger partial charge on any atom is -0.385 e. The molecule has 0 aliphatic rings. The first-order chi connectivity index (χ1) is 11.1. The molecule has 0 aliphatic heterocycles. The number of halogens is 2. The molecule has 0 spiro atoms. The number of nitrogens with zero attached hydrogens (tertiary/aromatic N) is 2. The first kappa shape index (κ1) is 23.1. The summed E-state index contributed by atoms with van der Waals surface area (Å²) in [5.41, 5.74) is 1.05. The van der Waals surface area contributed by atoms with Gasteiger partial charge in [-0.05, 0) is 45.1 Å². The van der Waals surface area contributed by atoms with Gasteiger partial charge in [-0.3, -0.25) is 4.99 Å². The van der Waals surface area contributed by atoms with E-state index in [4.69, 9.17) is 4.74 Å². The second-order valence-electron chi connectivity index (χ2n) is 5.52. The number of rotatable bonds is 9. The largest absolute Gasteiger partial charge is 0.385 e. The van der Waals surface area contributed by atoms with Crippen molar-refractivity contribution in [1.29, 1.82) is 0 Å². The zero-order valence-corrected chi connectivity index (χ0v) is 17.3. The van der Waals surface area contributed by atoms with E-state index in [0.717, 1.165) is 37.6 Å². The van der Waals surface area contributed by atoms with Crippen LogP contribution in [0.3, 0.4) is 0 Å². The van der Waals surface area contributed by atoms with Crippen molar-refractivity contribution < 1.29 is 9.13 Å². The van der Waals surface area contributed by atoms with Crippen LogP contribution in [0.2, 0.25) is 0 Å². The molecule has 0 aromatic heterocycles. The SMILES string of the molecule is CCNC(=NCC(c1ccc(F)cc1)N(C)C)NCCCOC.I. The predicted molar refractivity (Wildman–Crippen MR) is 109 cm³/mol. The second kappa shape index (κ2) is 13.4. The summed E-state index contributed by atoms with van der Waals surface area (Å²) in [7, 11) is 5.70. The molecule has 1 rings (SSSR count). The number of likely N-dealkylation sites (N-methyl/N-ethyl adjacent to an activating group) is 1. The van der Waals surface area contributed by atoms with Crippen molar-refractivity contribution in [2.45, 2.75) is 19.4 Å². The minimum absolute atomic E-state index is 0. The van der Waals surface area contributed by atoms with Crippen LogP contribution in [0.25, 0.3) is 0 Å². The van der Waals surface area contributed by atoms with Gasteiger partial charge in [-0.1, -0.05) is 12.1 Å². The van der Waals surface area contributed by atoms with Crippen LogP contribution < -0.4 is 10.6 Å². The average molecular weight is 452 g/mol. The Labute approximate surface area is 162 Å². The zero-order valence-electron chi connectivity index (χ0n) is 15.0. The van der Waals surface area contributed by atoms with E-state index >= 15 is 0 Å². The molecule has 0 heterocycles. The first-order valence-electron chi connectivity index (χ1n) is 8.01. The summed E-state index contributed by atoms with van der Waals surface area (Å²) >= 11 is 0. The van der Waals surface area contributed by atoms with Crippen LogP contribution in [0.15, 0.2) is 29.3 Å². The number of guanidine groups is 1. The van der Waals surface area contributed by atoms with Gasteiger partial charge in [0.15, 0.2) is 5.96 Å². The van der Waals surface area contributed by atoms with E-state index in [1.807, 2.05) is 33.2 Å². The maximum Gasteiger partial charge on any atom is 0.191 e. The minimum atomic E-state index is -0.220. The topological polar surface area (TPSA) is 48.9 Å². The van der Waals surface area contributed by atoms with Crippen molar-refractivity contribution >= 4 is 29.9 Å². The molecule has 1 atom stereocenters. The van der Waals surface area contributed by atoms with E-state index < -0.39 is 0 Å². The highest BCUT2D eigenvalue weighted by molar-refractivity contribution is 14.0. The smallest absolute Gasteiger partial charge is 0.191 e. The second-order valence-corrected chi connectivity index (χ2v) is 5.52. The van der Waals surface area contributed by atoms with Gasteiger partial charge in [0.25, 0.3) is 0 Å². The van der Waals surface area contributed by atoms with Crippen molar-refractivity contribution in [2.24, 2.45) is 4.99 Å². The van der Waals surface area contributed by atoms with Crippen molar-refractivity contribution in [3.05, 3.63) is 35.6 Å². The van der Waals surface area contributed by atoms with Gasteiger partial charge >= 0.3 is 0 Å². The molecule has 138 valence electrons. The molecule has 0 bridgehead atoms. The van der Waals surface area contributed by atoms with Crippen LogP contribution >= 0.6 is 24.0 Å². The number of aliphatic imine (C=N–C) groups is 1. The van der Waals surface area contributed by atoms with Crippen molar-refractivity contribution in [3.8, 4) is 0 Å². The Bertz CT molecular complexity index is 468. The number of hydrogen-bond donors (Lipinski definition) is 2. The van der Waals surface area contributed by atoms with Gasteiger partial charge in [-0.2, -0.15) is 0 Å². The van der Waals surface area contributed by atoms with E-state index in [1.54, 1.807) is 7.11 Å². The van der Waals surface area contributed by atoms with Crippen molar-refractivity contribution in [1.82, 2.24) is 15.5 Å². The molecule has 0 fully saturated rings. The van der Waals surface area contributed by atoms with Crippen LogP contribution in [0, 0.1) is 5.82 Å². The highest BCUT2D eigenvalue weighted by Crippen LogP contribution is 2.18. The summed E-state index contributed by atoms with van der Waals surface area (Å²) in [5.74, 6) is 0.570. The Morgan fingerprint density at radius 2 is 1.92 bits per heavy atom. The number of hydrogen-bond acceptors (Lipinski definition) is 3. The fourth-order valence-corrected chi connectivity index (χ4v) is 2.19. The van der Waals surface area contributed by atoms with Gasteiger partial charge in [0.1, 0.15) is 5.82 Å². The Morgan fingerprint density at radius 1 is 1.25 bits per heavy atom. The highest BCUT2D eigenvalue weighted by Gasteiger charge is 2.14. The summed E-state index contributed by atoms with van der Waals surface area (Å²) in [5, 5.41) is 6.52. The van der Waals surface area contributed by atoms with E-state index in [2.05, 4.69) is 20.5 Å². The lowest BCUT2D eigenvalue weighted by molar-refractivity contribution is 0.195. The monoisotopic (exact) mass is 452 g/mol. The Morgan fingerprint density at radius 3 is 2.46 bits per heavy atom. The molecule has 1 unspecified atom stereocenters. The van der Waals surface area contributed by atoms with Crippen LogP contribution in [0.1, 0.15) is 24.9 Å². The van der Waals surface area contributed by atoms with E-state index in [1.165, 1.54) is 12.1 Å². The number of benzene rings is 1. The lowest BCUT2D eigenvalue weighted by Gasteiger charge is -2.23. The molecule has 0 amide bonds. The van der Waals surface area contributed by atoms with Crippen LogP contribution in [0.4, 0.5) is 4.39 Å². The van der Waals surface area contributed by atoms with E-state index in [-0.39, 0.29) is 35.8 Å². The molecule has 5 nitrogen and oxygen atoms in total. The predicted octanol–water partition coefficient (Wildman–Crippen LogP) is 2.64. The van der Waals surface area contributed by atoms with Gasteiger partial charge in [-0.15, -0.1) is 24.0 Å². The van der Waals surface area contributed by atoms with Crippen molar-refractivity contribution in [3.63, 3.8) is 0 Å². The lowest BCUT2D eigenvalue weighted by atomic mass is 10.1. The summed E-state index contributed by atoms with van der Waals surface area (Å²) in [6.45, 7) is 4.97. The first-order valence-corrected chi connectivity index (χ1v) is 8.01. The molecule has 2 N–H and O–H groups in total. The summed E-state index contributed by atoms with van der Waals surface area (Å²) < 4.78 is 18.1. The number of methoxy groups -OCH3 is 1. The summed E-state index contributed by atoms with van der Waals surface area (Å²) in [6, 6.07) is 6.71. The maximum atomic E-state index is 13.1. The molecular formula is C17H30FIN4O. The quantitative estimate of drug-likeness (QED) is 0.262. The zero-order chi connectivity index (χ0) is 17.1. The van der Waals surface area contributed by atoms with Gasteiger partial charge in [-0.25, -0.2) is 4.39 Å². The third kappa shape index (κ3) is 8.79. The fraction of sp³-hybridized carbons (Fsp3) is 0.588. The third-order valence-electron chi connectivity index (χ3n) is 3.46. The van der Waals surface area contributed by atoms with Crippen molar-refractivity contribution in [2.75, 3.05) is 47.4 Å². The Balaban J connectivity index is 0.00000529. The molecule has 0 saturated heterocycles. The summed E-state index contributed by atoms with van der Waals surface area (Å²) in [6.07, 6.45) is 0.927. The molecule has 7 heteroatoms. The van der Waals surface area contributed by atoms with E-state index in [9.17, 15) is 4.39 Å². The molecule has 24 heavy (non-hydrogen) atoms. The fourth-order valence-electron chi connectivity index (χ4n) is 2.19. The van der Waals surface area contributed by atoms with E-state index in [0.29, 0.717) is 6.54 Å². The highest BCUT2D eigenvalue weighted by atomic mass is 127. The van der Waals surface area contributed by atoms with Gasteiger partial charge in [0, 0.05) is 26.8 Å². The molecule has 1 aromatic rings. The molecular weight excluding hydrogens is 422 g/mol. The normalized spacial score (nSPS) is 12.7. The standard InChI is InChI=1S/C17H29FN4O.HI/c1-5-19-17(20-11-6-12-23-4)21-13-16(22(2)3)14-7-9-15(18)10-8-14;/h7-10,16H,5-6,11-13H2,1-4H3,(H2,19,20,21);1H. The molecule has 1 aromatic carbocycles. The van der Waals surface area contributed by atoms with Gasteiger partial charge < -0.3 is 20.3 Å². The van der Waals surface area contributed by atoms with Gasteiger partial charge in [0.2, 0.25) is 0 Å². The summed E-state index contributed by atoms with van der Waals surface area (Å²) in [4.78, 5) is 6.74. The third-order valence-corrected chi connectivity index (χ3v) is 3.46. The van der Waals surface area contributed by atoms with Crippen LogP contribution in [-0.2, 0) is 4.74 Å². The molecule has 0 radical (unpaired) electrons. The van der Waals surface area contributed by atoms with Gasteiger partial charge in [0.05, 0.1) is 12.6 Å². The van der Waals surface area contributed by atoms with Crippen LogP contribution in [-0.4, -0.2) is 58.3 Å². The average Bonchev–Trinajstić information content (AvgIpc) is 2.53. The maximum absolute atomic E-state index is 13.1. The number of nitrogens with one attached hydrogen (secondary N) is 2. The molecule has 0 saturated carbocycles. The lowest BCUT2D eigenvalue weighted by Crippen LogP contribution is -2.38. The molecule has 0 aliphatic carbocycles. The number of ether oxygens (including phenoxy) is 1. The Kier molecular flexibility index (Phi) is 12.9. The Hall–Kier alpha value is -0.930.